The van der Waals surface area contributed by atoms with Crippen LogP contribution in [0, 0.1) is 6.92 Å². The van der Waals surface area contributed by atoms with E-state index in [4.69, 9.17) is 11.3 Å². The Morgan fingerprint density at radius 2 is 2.25 bits per heavy atom. The van der Waals surface area contributed by atoms with E-state index in [0.29, 0.717) is 10.2 Å². The molecule has 0 bridgehead atoms. The van der Waals surface area contributed by atoms with Crippen molar-refractivity contribution in [3.8, 4) is 0 Å². The number of hydrogen-bond donors (Lipinski definition) is 1. The smallest absolute Gasteiger partial charge is 0.220 e. The molecule has 0 atom stereocenters. The van der Waals surface area contributed by atoms with Gasteiger partial charge in [0.15, 0.2) is 0 Å². The van der Waals surface area contributed by atoms with E-state index in [1.54, 1.807) is 6.92 Å². The molecule has 1 rings (SSSR count). The maximum Gasteiger partial charge on any atom is 0.220 e. The second-order valence-electron chi connectivity index (χ2n) is 1.99. The fourth-order valence-electron chi connectivity index (χ4n) is 0.674. The van der Waals surface area contributed by atoms with Gasteiger partial charge in [0, 0.05) is 4.91 Å². The molecule has 1 aromatic heterocycles. The molecule has 0 radical (unpaired) electrons. The fraction of sp³-hybridized carbons (Fsp3) is 0.200. The molecule has 62 valence electrons. The van der Waals surface area contributed by atoms with Gasteiger partial charge in [-0.25, -0.2) is 9.97 Å². The number of nitrogens with two attached hydrogens (primary N) is 1. The third kappa shape index (κ3) is 1.63. The lowest BCUT2D eigenvalue weighted by Crippen LogP contribution is -1.96. The Bertz CT molecular complexity index is 355. The Labute approximate surface area is 76.6 Å². The van der Waals surface area contributed by atoms with Crippen LogP contribution in [0.25, 0.3) is 10.4 Å². The zero-order valence-electron chi connectivity index (χ0n) is 6.19. The number of aromatic nitrogens is 2. The molecule has 0 aromatic carbocycles. The van der Waals surface area contributed by atoms with E-state index in [1.807, 2.05) is 0 Å². The van der Waals surface area contributed by atoms with Crippen molar-refractivity contribution < 1.29 is 0 Å². The maximum atomic E-state index is 8.16. The van der Waals surface area contributed by atoms with Gasteiger partial charge in [-0.2, -0.15) is 0 Å². The average Bonchev–Trinajstić information content (AvgIpc) is 2.00. The van der Waals surface area contributed by atoms with Gasteiger partial charge in [-0.1, -0.05) is 0 Å². The first-order chi connectivity index (χ1) is 5.65. The number of aryl methyl sites for hydroxylation is 1. The summed E-state index contributed by atoms with van der Waals surface area (Å²) in [6.07, 6.45) is 0. The molecule has 1 aromatic rings. The standard InChI is InChI=1S/C5H5BrN6/c1-2-3(6)4(11-12-8)10-5(7)9-2/h1H3,(H2,7,9,10). The van der Waals surface area contributed by atoms with Crippen LogP contribution in [0.5, 0.6) is 0 Å². The number of azide groups is 1. The van der Waals surface area contributed by atoms with E-state index in [9.17, 15) is 0 Å². The Morgan fingerprint density at radius 1 is 1.58 bits per heavy atom. The molecule has 1 heterocycles. The monoisotopic (exact) mass is 228 g/mol. The predicted molar refractivity (Wildman–Crippen MR) is 47.7 cm³/mol. The van der Waals surface area contributed by atoms with Gasteiger partial charge in [0.1, 0.15) is 5.82 Å². The Balaban J connectivity index is 3.36. The van der Waals surface area contributed by atoms with Crippen molar-refractivity contribution in [2.24, 2.45) is 5.11 Å². The van der Waals surface area contributed by atoms with Crippen molar-refractivity contribution in [3.05, 3.63) is 20.6 Å². The normalized spacial score (nSPS) is 9.17. The van der Waals surface area contributed by atoms with Gasteiger partial charge in [-0.3, -0.25) is 0 Å². The van der Waals surface area contributed by atoms with Crippen LogP contribution in [-0.2, 0) is 0 Å². The first-order valence-electron chi connectivity index (χ1n) is 3.00. The molecular formula is C5H5BrN6. The summed E-state index contributed by atoms with van der Waals surface area (Å²) in [6, 6.07) is 0. The zero-order valence-corrected chi connectivity index (χ0v) is 7.78. The first-order valence-corrected chi connectivity index (χ1v) is 3.79. The Morgan fingerprint density at radius 3 is 2.83 bits per heavy atom. The molecule has 0 aliphatic carbocycles. The quantitative estimate of drug-likeness (QED) is 0.453. The first kappa shape index (κ1) is 8.76. The lowest BCUT2D eigenvalue weighted by atomic mass is 10.4. The van der Waals surface area contributed by atoms with E-state index in [2.05, 4.69) is 35.9 Å². The van der Waals surface area contributed by atoms with Gasteiger partial charge >= 0.3 is 0 Å². The summed E-state index contributed by atoms with van der Waals surface area (Å²) in [6.45, 7) is 1.73. The van der Waals surface area contributed by atoms with E-state index >= 15 is 0 Å². The van der Waals surface area contributed by atoms with E-state index in [1.165, 1.54) is 0 Å². The van der Waals surface area contributed by atoms with Gasteiger partial charge < -0.3 is 5.73 Å². The molecule has 7 heteroatoms. The minimum Gasteiger partial charge on any atom is -0.368 e. The van der Waals surface area contributed by atoms with Crippen LogP contribution >= 0.6 is 15.9 Å². The maximum absolute atomic E-state index is 8.16. The van der Waals surface area contributed by atoms with E-state index < -0.39 is 0 Å². The van der Waals surface area contributed by atoms with Crippen LogP contribution in [0.4, 0.5) is 11.8 Å². The lowest BCUT2D eigenvalue weighted by molar-refractivity contribution is 1.09. The number of hydrogen-bond acceptors (Lipinski definition) is 4. The molecule has 12 heavy (non-hydrogen) atoms. The van der Waals surface area contributed by atoms with Crippen molar-refractivity contribution in [1.82, 2.24) is 9.97 Å². The van der Waals surface area contributed by atoms with Crippen molar-refractivity contribution in [3.63, 3.8) is 0 Å². The third-order valence-electron chi connectivity index (χ3n) is 1.16. The van der Waals surface area contributed by atoms with Gasteiger partial charge in [-0.05, 0) is 33.5 Å². The summed E-state index contributed by atoms with van der Waals surface area (Å²) in [5.41, 5.74) is 14.1. The molecule has 2 N–H and O–H groups in total. The van der Waals surface area contributed by atoms with Crippen LogP contribution in [0.3, 0.4) is 0 Å². The van der Waals surface area contributed by atoms with Gasteiger partial charge in [0.25, 0.3) is 0 Å². The van der Waals surface area contributed by atoms with Gasteiger partial charge in [0.2, 0.25) is 5.95 Å². The largest absolute Gasteiger partial charge is 0.368 e. The molecule has 0 spiro atoms. The molecule has 0 saturated carbocycles. The molecule has 0 unspecified atom stereocenters. The summed E-state index contributed by atoms with van der Waals surface area (Å²) in [5, 5.41) is 3.33. The highest BCUT2D eigenvalue weighted by Gasteiger charge is 2.04. The second-order valence-corrected chi connectivity index (χ2v) is 2.79. The zero-order chi connectivity index (χ0) is 9.14. The minimum absolute atomic E-state index is 0.0955. The number of rotatable bonds is 1. The van der Waals surface area contributed by atoms with Crippen molar-refractivity contribution >= 4 is 27.7 Å². The van der Waals surface area contributed by atoms with E-state index in [-0.39, 0.29) is 11.8 Å². The molecule has 6 nitrogen and oxygen atoms in total. The predicted octanol–water partition coefficient (Wildman–Crippen LogP) is 2.07. The van der Waals surface area contributed by atoms with Crippen molar-refractivity contribution in [1.29, 1.82) is 0 Å². The van der Waals surface area contributed by atoms with Crippen molar-refractivity contribution in [2.75, 3.05) is 5.73 Å². The second kappa shape index (κ2) is 3.38. The number of halogens is 1. The summed E-state index contributed by atoms with van der Waals surface area (Å²) >= 11 is 3.17. The van der Waals surface area contributed by atoms with Crippen LogP contribution in [0.15, 0.2) is 9.59 Å². The van der Waals surface area contributed by atoms with Gasteiger partial charge in [0.05, 0.1) is 10.2 Å². The Hall–Kier alpha value is -1.33. The molecule has 0 saturated heterocycles. The molecule has 0 aliphatic heterocycles. The SMILES string of the molecule is Cc1nc(N)nc(N=[N+]=[N-])c1Br. The average molecular weight is 229 g/mol. The van der Waals surface area contributed by atoms with Crippen LogP contribution < -0.4 is 5.73 Å². The van der Waals surface area contributed by atoms with Crippen LogP contribution in [0.2, 0.25) is 0 Å². The molecule has 0 aliphatic rings. The minimum atomic E-state index is 0.0955. The summed E-state index contributed by atoms with van der Waals surface area (Å²) in [7, 11) is 0. The highest BCUT2D eigenvalue weighted by atomic mass is 79.9. The fourth-order valence-corrected chi connectivity index (χ4v) is 0.931. The van der Waals surface area contributed by atoms with Crippen LogP contribution in [-0.4, -0.2) is 9.97 Å². The number of anilines is 1. The third-order valence-corrected chi connectivity index (χ3v) is 2.08. The Kier molecular flexibility index (Phi) is 2.47. The topological polar surface area (TPSA) is 101 Å². The van der Waals surface area contributed by atoms with Crippen molar-refractivity contribution in [2.45, 2.75) is 6.92 Å². The van der Waals surface area contributed by atoms with Gasteiger partial charge in [-0.15, -0.1) is 0 Å². The summed E-state index contributed by atoms with van der Waals surface area (Å²) in [4.78, 5) is 10.2. The molecule has 0 amide bonds. The molecule has 0 fully saturated rings. The lowest BCUT2D eigenvalue weighted by Gasteiger charge is -2.00. The van der Waals surface area contributed by atoms with E-state index in [0.717, 1.165) is 0 Å². The highest BCUT2D eigenvalue weighted by Crippen LogP contribution is 2.25. The summed E-state index contributed by atoms with van der Waals surface area (Å²) in [5.74, 6) is 0.306. The highest BCUT2D eigenvalue weighted by molar-refractivity contribution is 9.10. The number of nitrogen functional groups attached to an aromatic ring is 1. The van der Waals surface area contributed by atoms with Crippen LogP contribution in [0.1, 0.15) is 5.69 Å². The number of nitrogens with zero attached hydrogens (tertiary/aromatic N) is 5. The summed E-state index contributed by atoms with van der Waals surface area (Å²) < 4.78 is 0.564. The molecular weight excluding hydrogens is 224 g/mol.